The molecule has 0 fully saturated rings. The number of carbonyl (C=O) groups excluding carboxylic acids is 2. The Labute approximate surface area is 194 Å². The van der Waals surface area contributed by atoms with Crippen molar-refractivity contribution < 1.29 is 22.4 Å². The van der Waals surface area contributed by atoms with Gasteiger partial charge < -0.3 is 10.6 Å². The van der Waals surface area contributed by atoms with Crippen LogP contribution in [-0.4, -0.2) is 33.3 Å². The number of hydrogen-bond donors (Lipinski definition) is 2. The summed E-state index contributed by atoms with van der Waals surface area (Å²) in [6.45, 7) is -0.0697. The summed E-state index contributed by atoms with van der Waals surface area (Å²) in [7, 11) is -3.93. The summed E-state index contributed by atoms with van der Waals surface area (Å²) in [5, 5.41) is 6.12. The summed E-state index contributed by atoms with van der Waals surface area (Å²) >= 11 is 7.05. The van der Waals surface area contributed by atoms with Crippen LogP contribution in [0.25, 0.3) is 0 Å². The molecule has 1 atom stereocenters. The molecule has 3 aromatic rings. The third-order valence-corrected chi connectivity index (χ3v) is 8.13. The maximum Gasteiger partial charge on any atom is 0.309 e. The molecule has 3 rings (SSSR count). The SMILES string of the molecule is O=C(NCCc1ccc(Cl)cc1)C(=O)NC[C@H](c1cccs1)S(=O)(=O)c1ccc(F)cc1. The van der Waals surface area contributed by atoms with Gasteiger partial charge in [-0.1, -0.05) is 29.8 Å². The first-order valence-corrected chi connectivity index (χ1v) is 12.4. The number of halogens is 2. The third-order valence-electron chi connectivity index (χ3n) is 4.64. The van der Waals surface area contributed by atoms with Crippen LogP contribution >= 0.6 is 22.9 Å². The number of sulfone groups is 1. The molecule has 0 aliphatic heterocycles. The van der Waals surface area contributed by atoms with E-state index >= 15 is 0 Å². The highest BCUT2D eigenvalue weighted by Gasteiger charge is 2.31. The smallest absolute Gasteiger partial charge is 0.309 e. The van der Waals surface area contributed by atoms with Gasteiger partial charge >= 0.3 is 11.8 Å². The number of benzene rings is 2. The zero-order valence-corrected chi connectivity index (χ0v) is 19.1. The summed E-state index contributed by atoms with van der Waals surface area (Å²) < 4.78 is 39.4. The van der Waals surface area contributed by atoms with Crippen molar-refractivity contribution in [2.45, 2.75) is 16.6 Å². The molecule has 0 saturated carbocycles. The van der Waals surface area contributed by atoms with E-state index in [-0.39, 0.29) is 18.0 Å². The van der Waals surface area contributed by atoms with Crippen molar-refractivity contribution in [2.75, 3.05) is 13.1 Å². The van der Waals surface area contributed by atoms with E-state index in [1.54, 1.807) is 29.6 Å². The molecule has 2 N–H and O–H groups in total. The number of rotatable bonds is 8. The van der Waals surface area contributed by atoms with E-state index < -0.39 is 32.7 Å². The summed E-state index contributed by atoms with van der Waals surface area (Å²) in [5.74, 6) is -2.35. The minimum absolute atomic E-state index is 0.0704. The molecule has 0 aliphatic rings. The van der Waals surface area contributed by atoms with Crippen LogP contribution in [0.2, 0.25) is 5.02 Å². The lowest BCUT2D eigenvalue weighted by Crippen LogP contribution is -2.42. The third kappa shape index (κ3) is 6.15. The first-order chi connectivity index (χ1) is 15.3. The predicted molar refractivity (Wildman–Crippen MR) is 122 cm³/mol. The zero-order valence-electron chi connectivity index (χ0n) is 16.8. The fourth-order valence-electron chi connectivity index (χ4n) is 2.94. The van der Waals surface area contributed by atoms with Gasteiger partial charge in [0.05, 0.1) is 4.90 Å². The number of hydrogen-bond acceptors (Lipinski definition) is 5. The van der Waals surface area contributed by atoms with Crippen LogP contribution in [0, 0.1) is 5.82 Å². The summed E-state index contributed by atoms with van der Waals surface area (Å²) in [4.78, 5) is 24.8. The fourth-order valence-corrected chi connectivity index (χ4v) is 5.85. The molecule has 2 aromatic carbocycles. The number of carbonyl (C=O) groups is 2. The Morgan fingerprint density at radius 1 is 0.969 bits per heavy atom. The van der Waals surface area contributed by atoms with Crippen LogP contribution in [0.3, 0.4) is 0 Å². The van der Waals surface area contributed by atoms with Crippen LogP contribution < -0.4 is 10.6 Å². The highest BCUT2D eigenvalue weighted by atomic mass is 35.5. The average Bonchev–Trinajstić information content (AvgIpc) is 3.29. The van der Waals surface area contributed by atoms with Crippen molar-refractivity contribution >= 4 is 44.6 Å². The molecule has 168 valence electrons. The minimum atomic E-state index is -3.93. The van der Waals surface area contributed by atoms with Crippen LogP contribution in [0.4, 0.5) is 4.39 Å². The Balaban J connectivity index is 1.61. The average molecular weight is 495 g/mol. The second-order valence-electron chi connectivity index (χ2n) is 6.85. The van der Waals surface area contributed by atoms with E-state index in [0.29, 0.717) is 16.3 Å². The Morgan fingerprint density at radius 3 is 2.25 bits per heavy atom. The predicted octanol–water partition coefficient (Wildman–Crippen LogP) is 3.53. The highest BCUT2D eigenvalue weighted by Crippen LogP contribution is 2.31. The molecule has 0 bridgehead atoms. The zero-order chi connectivity index (χ0) is 23.1. The number of thiophene rings is 1. The molecule has 1 aromatic heterocycles. The molecular weight excluding hydrogens is 475 g/mol. The summed E-state index contributed by atoms with van der Waals surface area (Å²) in [6.07, 6.45) is 0.507. The number of nitrogens with one attached hydrogen (secondary N) is 2. The summed E-state index contributed by atoms with van der Waals surface area (Å²) in [6, 6.07) is 14.9. The molecule has 32 heavy (non-hydrogen) atoms. The fraction of sp³-hybridized carbons (Fsp3) is 0.182. The van der Waals surface area contributed by atoms with Gasteiger partial charge in [-0.25, -0.2) is 12.8 Å². The van der Waals surface area contributed by atoms with Gasteiger partial charge in [-0.15, -0.1) is 11.3 Å². The van der Waals surface area contributed by atoms with Gasteiger partial charge in [-0.3, -0.25) is 9.59 Å². The quantitative estimate of drug-likeness (QED) is 0.370. The standard InChI is InChI=1S/C22H20ClFN2O4S2/c23-16-5-3-15(4-6-16)11-12-25-21(27)22(28)26-14-20(19-2-1-13-31-19)32(29,30)18-9-7-17(24)8-10-18/h1-10,13,20H,11-12,14H2,(H,25,27)(H,26,28)/t20-/m1/s1. The Bertz CT molecular complexity index is 1170. The van der Waals surface area contributed by atoms with Gasteiger partial charge in [0.25, 0.3) is 0 Å². The van der Waals surface area contributed by atoms with E-state index in [2.05, 4.69) is 10.6 Å². The second-order valence-corrected chi connectivity index (χ2v) is 10.4. The van der Waals surface area contributed by atoms with E-state index in [4.69, 9.17) is 11.6 Å². The van der Waals surface area contributed by atoms with Gasteiger partial charge in [0.15, 0.2) is 9.84 Å². The normalized spacial score (nSPS) is 12.2. The van der Waals surface area contributed by atoms with Crippen LogP contribution in [0.5, 0.6) is 0 Å². The van der Waals surface area contributed by atoms with E-state index in [9.17, 15) is 22.4 Å². The highest BCUT2D eigenvalue weighted by molar-refractivity contribution is 7.91. The topological polar surface area (TPSA) is 92.3 Å². The van der Waals surface area contributed by atoms with Gasteiger partial charge in [0.2, 0.25) is 0 Å². The minimum Gasteiger partial charge on any atom is -0.348 e. The van der Waals surface area contributed by atoms with Gasteiger partial charge in [0, 0.05) is 23.0 Å². The van der Waals surface area contributed by atoms with E-state index in [0.717, 1.165) is 17.7 Å². The molecule has 6 nitrogen and oxygen atoms in total. The van der Waals surface area contributed by atoms with Crippen molar-refractivity contribution in [3.8, 4) is 0 Å². The van der Waals surface area contributed by atoms with Crippen LogP contribution in [-0.2, 0) is 25.8 Å². The molecule has 0 radical (unpaired) electrons. The van der Waals surface area contributed by atoms with Gasteiger partial charge in [-0.05, 0) is 59.8 Å². The van der Waals surface area contributed by atoms with Crippen molar-refractivity contribution in [3.63, 3.8) is 0 Å². The Morgan fingerprint density at radius 2 is 1.62 bits per heavy atom. The van der Waals surface area contributed by atoms with Crippen molar-refractivity contribution in [1.82, 2.24) is 10.6 Å². The Kier molecular flexibility index (Phi) is 8.00. The lowest BCUT2D eigenvalue weighted by atomic mass is 10.1. The molecule has 1 heterocycles. The van der Waals surface area contributed by atoms with Crippen LogP contribution in [0.1, 0.15) is 15.7 Å². The molecular formula is C22H20ClFN2O4S2. The monoisotopic (exact) mass is 494 g/mol. The largest absolute Gasteiger partial charge is 0.348 e. The summed E-state index contributed by atoms with van der Waals surface area (Å²) in [5.41, 5.74) is 0.943. The lowest BCUT2D eigenvalue weighted by molar-refractivity contribution is -0.139. The van der Waals surface area contributed by atoms with Crippen molar-refractivity contribution in [2.24, 2.45) is 0 Å². The first kappa shape index (κ1) is 23.9. The van der Waals surface area contributed by atoms with E-state index in [1.807, 2.05) is 12.1 Å². The molecule has 0 saturated heterocycles. The Hall–Kier alpha value is -2.75. The second kappa shape index (κ2) is 10.7. The maximum atomic E-state index is 13.2. The first-order valence-electron chi connectivity index (χ1n) is 9.60. The molecule has 10 heteroatoms. The molecule has 0 aliphatic carbocycles. The molecule has 0 unspecified atom stereocenters. The molecule has 0 spiro atoms. The molecule has 2 amide bonds. The van der Waals surface area contributed by atoms with Gasteiger partial charge in [0.1, 0.15) is 11.1 Å². The number of amides is 2. The van der Waals surface area contributed by atoms with Crippen molar-refractivity contribution in [1.29, 1.82) is 0 Å². The van der Waals surface area contributed by atoms with Gasteiger partial charge in [-0.2, -0.15) is 0 Å². The van der Waals surface area contributed by atoms with E-state index in [1.165, 1.54) is 23.5 Å². The lowest BCUT2D eigenvalue weighted by Gasteiger charge is -2.17. The maximum absolute atomic E-state index is 13.2. The van der Waals surface area contributed by atoms with Crippen molar-refractivity contribution in [3.05, 3.63) is 87.3 Å². The van der Waals surface area contributed by atoms with Crippen LogP contribution in [0.15, 0.2) is 70.9 Å².